The molecule has 0 spiro atoms. The molecule has 1 saturated carbocycles. The van der Waals surface area contributed by atoms with Crippen LogP contribution in [-0.2, 0) is 17.9 Å². The second kappa shape index (κ2) is 6.26. The van der Waals surface area contributed by atoms with E-state index in [2.05, 4.69) is 10.3 Å². The fourth-order valence-electron chi connectivity index (χ4n) is 3.09. The summed E-state index contributed by atoms with van der Waals surface area (Å²) >= 11 is 0. The molecule has 5 heteroatoms. The van der Waals surface area contributed by atoms with E-state index >= 15 is 0 Å². The molecule has 5 nitrogen and oxygen atoms in total. The summed E-state index contributed by atoms with van der Waals surface area (Å²) in [5, 5.41) is 12.5. The number of carbonyl (C=O) groups is 1. The van der Waals surface area contributed by atoms with E-state index < -0.39 is 0 Å². The van der Waals surface area contributed by atoms with Crippen molar-refractivity contribution in [2.24, 2.45) is 0 Å². The lowest BCUT2D eigenvalue weighted by molar-refractivity contribution is -0.122. The molecule has 0 saturated heterocycles. The topological polar surface area (TPSA) is 67.2 Å². The van der Waals surface area contributed by atoms with Crippen molar-refractivity contribution in [3.05, 3.63) is 30.1 Å². The van der Waals surface area contributed by atoms with Crippen LogP contribution in [0.4, 0.5) is 0 Å². The Morgan fingerprint density at radius 3 is 2.81 bits per heavy atom. The van der Waals surface area contributed by atoms with E-state index in [0.29, 0.717) is 11.9 Å². The zero-order valence-corrected chi connectivity index (χ0v) is 12.1. The lowest BCUT2D eigenvalue weighted by Crippen LogP contribution is -2.38. The van der Waals surface area contributed by atoms with Gasteiger partial charge in [-0.1, -0.05) is 31.4 Å². The first-order valence-corrected chi connectivity index (χ1v) is 7.62. The van der Waals surface area contributed by atoms with Gasteiger partial charge in [0.1, 0.15) is 19.0 Å². The van der Waals surface area contributed by atoms with E-state index in [-0.39, 0.29) is 19.1 Å². The highest BCUT2D eigenvalue weighted by atomic mass is 16.3. The standard InChI is InChI=1S/C16H21N3O2/c20-11-15-18-13-8-4-5-9-14(13)19(15)10-16(21)17-12-6-2-1-3-7-12/h4-5,8-9,12,20H,1-3,6-7,10-11H2,(H,17,21). The Balaban J connectivity index is 1.75. The zero-order chi connectivity index (χ0) is 14.7. The average Bonchev–Trinajstić information content (AvgIpc) is 2.86. The van der Waals surface area contributed by atoms with E-state index in [1.54, 1.807) is 4.57 Å². The van der Waals surface area contributed by atoms with Crippen LogP contribution in [0.3, 0.4) is 0 Å². The number of nitrogens with one attached hydrogen (secondary N) is 1. The normalized spacial score (nSPS) is 16.2. The van der Waals surface area contributed by atoms with E-state index in [1.165, 1.54) is 19.3 Å². The quantitative estimate of drug-likeness (QED) is 0.903. The number of hydrogen-bond donors (Lipinski definition) is 2. The maximum absolute atomic E-state index is 12.2. The van der Waals surface area contributed by atoms with Crippen molar-refractivity contribution in [2.45, 2.75) is 51.3 Å². The van der Waals surface area contributed by atoms with Crippen molar-refractivity contribution in [1.29, 1.82) is 0 Å². The van der Waals surface area contributed by atoms with Crippen molar-refractivity contribution in [1.82, 2.24) is 14.9 Å². The molecule has 1 aliphatic rings. The molecule has 2 N–H and O–H groups in total. The van der Waals surface area contributed by atoms with Crippen LogP contribution >= 0.6 is 0 Å². The highest BCUT2D eigenvalue weighted by Gasteiger charge is 2.17. The number of fused-ring (bicyclic) bond motifs is 1. The molecule has 0 unspecified atom stereocenters. The molecule has 0 aliphatic heterocycles. The monoisotopic (exact) mass is 287 g/mol. The van der Waals surface area contributed by atoms with Crippen LogP contribution in [0.15, 0.2) is 24.3 Å². The van der Waals surface area contributed by atoms with Gasteiger partial charge >= 0.3 is 0 Å². The number of hydrogen-bond acceptors (Lipinski definition) is 3. The molecule has 21 heavy (non-hydrogen) atoms. The van der Waals surface area contributed by atoms with Crippen LogP contribution < -0.4 is 5.32 Å². The van der Waals surface area contributed by atoms with Gasteiger partial charge in [0, 0.05) is 6.04 Å². The fraction of sp³-hybridized carbons (Fsp3) is 0.500. The summed E-state index contributed by atoms with van der Waals surface area (Å²) in [5.41, 5.74) is 1.70. The van der Waals surface area contributed by atoms with Gasteiger partial charge in [0.2, 0.25) is 5.91 Å². The third-order valence-corrected chi connectivity index (χ3v) is 4.15. The fourth-order valence-corrected chi connectivity index (χ4v) is 3.09. The summed E-state index contributed by atoms with van der Waals surface area (Å²) < 4.78 is 1.80. The van der Waals surface area contributed by atoms with Crippen LogP contribution in [-0.4, -0.2) is 26.6 Å². The van der Waals surface area contributed by atoms with Gasteiger partial charge in [-0.3, -0.25) is 4.79 Å². The summed E-state index contributed by atoms with van der Waals surface area (Å²) in [6.07, 6.45) is 5.81. The smallest absolute Gasteiger partial charge is 0.240 e. The van der Waals surface area contributed by atoms with Gasteiger partial charge in [-0.25, -0.2) is 4.98 Å². The molecule has 112 valence electrons. The van der Waals surface area contributed by atoms with E-state index in [1.807, 2.05) is 24.3 Å². The summed E-state index contributed by atoms with van der Waals surface area (Å²) in [6.45, 7) is 0.0539. The lowest BCUT2D eigenvalue weighted by Gasteiger charge is -2.23. The van der Waals surface area contributed by atoms with Crippen molar-refractivity contribution >= 4 is 16.9 Å². The first-order valence-electron chi connectivity index (χ1n) is 7.62. The summed E-state index contributed by atoms with van der Waals surface area (Å²) in [6, 6.07) is 7.95. The Kier molecular flexibility index (Phi) is 4.20. The lowest BCUT2D eigenvalue weighted by atomic mass is 9.95. The maximum Gasteiger partial charge on any atom is 0.240 e. The van der Waals surface area contributed by atoms with Gasteiger partial charge in [0.15, 0.2) is 0 Å². The van der Waals surface area contributed by atoms with Crippen molar-refractivity contribution < 1.29 is 9.90 Å². The Hall–Kier alpha value is -1.88. The molecule has 3 rings (SSSR count). The molecule has 1 amide bonds. The number of para-hydroxylation sites is 2. The largest absolute Gasteiger partial charge is 0.388 e. The predicted molar refractivity (Wildman–Crippen MR) is 80.7 cm³/mol. The first-order chi connectivity index (χ1) is 10.3. The van der Waals surface area contributed by atoms with Gasteiger partial charge in [-0.05, 0) is 25.0 Å². The summed E-state index contributed by atoms with van der Waals surface area (Å²) in [5.74, 6) is 0.537. The molecular formula is C16H21N3O2. The van der Waals surface area contributed by atoms with Gasteiger partial charge in [-0.15, -0.1) is 0 Å². The number of nitrogens with zero attached hydrogens (tertiary/aromatic N) is 2. The zero-order valence-electron chi connectivity index (χ0n) is 12.1. The Labute approximate surface area is 124 Å². The van der Waals surface area contributed by atoms with E-state index in [4.69, 9.17) is 0 Å². The molecule has 1 aliphatic carbocycles. The Bertz CT molecular complexity index is 629. The Morgan fingerprint density at radius 2 is 2.05 bits per heavy atom. The number of benzene rings is 1. The van der Waals surface area contributed by atoms with Crippen LogP contribution in [0.1, 0.15) is 37.9 Å². The average molecular weight is 287 g/mol. The molecule has 1 aromatic heterocycles. The molecule has 1 heterocycles. The second-order valence-corrected chi connectivity index (χ2v) is 5.66. The molecule has 1 aromatic carbocycles. The summed E-state index contributed by atoms with van der Waals surface area (Å²) in [7, 11) is 0. The minimum atomic E-state index is -0.161. The number of amides is 1. The van der Waals surface area contributed by atoms with Crippen LogP contribution in [0.25, 0.3) is 11.0 Å². The number of aliphatic hydroxyl groups excluding tert-OH is 1. The minimum Gasteiger partial charge on any atom is -0.388 e. The maximum atomic E-state index is 12.2. The van der Waals surface area contributed by atoms with Crippen LogP contribution in [0.2, 0.25) is 0 Å². The number of carbonyl (C=O) groups excluding carboxylic acids is 1. The third kappa shape index (κ3) is 3.08. The van der Waals surface area contributed by atoms with Crippen molar-refractivity contribution in [3.63, 3.8) is 0 Å². The molecule has 0 radical (unpaired) electrons. The first kappa shape index (κ1) is 14.1. The van der Waals surface area contributed by atoms with Gasteiger partial charge < -0.3 is 15.0 Å². The van der Waals surface area contributed by atoms with Gasteiger partial charge in [0.25, 0.3) is 0 Å². The van der Waals surface area contributed by atoms with Gasteiger partial charge in [-0.2, -0.15) is 0 Å². The highest BCUT2D eigenvalue weighted by molar-refractivity contribution is 5.81. The summed E-state index contributed by atoms with van der Waals surface area (Å²) in [4.78, 5) is 16.6. The van der Waals surface area contributed by atoms with Crippen molar-refractivity contribution in [2.75, 3.05) is 0 Å². The highest BCUT2D eigenvalue weighted by Crippen LogP contribution is 2.18. The van der Waals surface area contributed by atoms with Crippen LogP contribution in [0.5, 0.6) is 0 Å². The number of rotatable bonds is 4. The number of aliphatic hydroxyl groups is 1. The van der Waals surface area contributed by atoms with Crippen molar-refractivity contribution in [3.8, 4) is 0 Å². The Morgan fingerprint density at radius 1 is 1.29 bits per heavy atom. The predicted octanol–water partition coefficient (Wildman–Crippen LogP) is 1.98. The number of aromatic nitrogens is 2. The SMILES string of the molecule is O=C(Cn1c(CO)nc2ccccc21)NC1CCCCC1. The molecule has 0 atom stereocenters. The third-order valence-electron chi connectivity index (χ3n) is 4.15. The molecule has 0 bridgehead atoms. The van der Waals surface area contributed by atoms with Crippen LogP contribution in [0, 0.1) is 0 Å². The molecular weight excluding hydrogens is 266 g/mol. The van der Waals surface area contributed by atoms with Gasteiger partial charge in [0.05, 0.1) is 11.0 Å². The van der Waals surface area contributed by atoms with E-state index in [0.717, 1.165) is 23.9 Å². The molecule has 2 aromatic rings. The number of imidazole rings is 1. The van der Waals surface area contributed by atoms with E-state index in [9.17, 15) is 9.90 Å². The second-order valence-electron chi connectivity index (χ2n) is 5.66. The minimum absolute atomic E-state index is 0.000229. The molecule has 1 fully saturated rings.